The Morgan fingerprint density at radius 1 is 0.303 bits per heavy atom. The van der Waals surface area contributed by atoms with Crippen LogP contribution in [0.4, 0.5) is 75.4 Å². The van der Waals surface area contributed by atoms with Crippen molar-refractivity contribution in [2.75, 3.05) is 22.9 Å². The summed E-state index contributed by atoms with van der Waals surface area (Å²) in [4.78, 5) is 0. The van der Waals surface area contributed by atoms with Gasteiger partial charge in [0.2, 0.25) is 10.8 Å². The minimum atomic E-state index is -6.09. The Hall–Kier alpha value is -7.92. The Morgan fingerprint density at radius 3 is 0.788 bits per heavy atom. The van der Waals surface area contributed by atoms with Gasteiger partial charge in [-0.3, -0.25) is 0 Å². The maximum Gasteiger partial charge on any atom is 0.411 e. The first-order chi connectivity index (χ1) is 30.4. The van der Waals surface area contributed by atoms with Gasteiger partial charge in [0.25, 0.3) is 0 Å². The summed E-state index contributed by atoms with van der Waals surface area (Å²) in [6, 6.07) is 14.5. The molecular weight excluding hydrogens is 916 g/mol. The Kier molecular flexibility index (Phi) is 12.8. The smallest absolute Gasteiger partial charge is 0.411 e. The van der Waals surface area contributed by atoms with Gasteiger partial charge in [-0.1, -0.05) is 24.3 Å². The summed E-state index contributed by atoms with van der Waals surface area (Å²) < 4.78 is 181. The summed E-state index contributed by atoms with van der Waals surface area (Å²) >= 11 is 0. The van der Waals surface area contributed by atoms with Crippen LogP contribution in [0.3, 0.4) is 0 Å². The standard InChI is InChI=1S/C27H20F6N2O4.C15H12F6N2O4/c28-26(29,30)25(27(31,32)33,15-1-5-17(6-2-15)38-19-9-11-23(36)21(34)13-19)16-3-7-18(8-4-16)39-20-10-12-24(37)22(35)14-20;16-14(17,18)13(15(19,20)21,5-1-7(24)11(22)8(25)2-5)6-3-9(26)12(23)10(27)4-6/h1-14,36-37H,34-35H2;1-4,24-27H,22-23H2. The predicted molar refractivity (Wildman–Crippen MR) is 212 cm³/mol. The van der Waals surface area contributed by atoms with E-state index in [0.717, 1.165) is 24.3 Å². The second-order valence-electron chi connectivity index (χ2n) is 14.0. The minimum absolute atomic E-state index is 0.0291. The van der Waals surface area contributed by atoms with Gasteiger partial charge in [0.05, 0.1) is 11.4 Å². The number of nitrogen functional groups attached to an aromatic ring is 4. The normalized spacial score (nSPS) is 12.5. The lowest BCUT2D eigenvalue weighted by Gasteiger charge is -2.38. The van der Waals surface area contributed by atoms with Crippen LogP contribution >= 0.6 is 0 Å². The second-order valence-corrected chi connectivity index (χ2v) is 14.0. The van der Waals surface area contributed by atoms with Crippen LogP contribution in [0, 0.1) is 0 Å². The van der Waals surface area contributed by atoms with Gasteiger partial charge >= 0.3 is 24.7 Å². The third-order valence-electron chi connectivity index (χ3n) is 9.88. The fourth-order valence-corrected chi connectivity index (χ4v) is 6.65. The molecule has 24 heteroatoms. The van der Waals surface area contributed by atoms with E-state index in [0.29, 0.717) is 24.3 Å². The number of rotatable bonds is 8. The number of alkyl halides is 12. The number of phenolic OH excluding ortho intramolecular Hbond substituents is 6. The zero-order valence-corrected chi connectivity index (χ0v) is 32.7. The van der Waals surface area contributed by atoms with E-state index < -0.39 is 92.2 Å². The molecule has 0 saturated heterocycles. The lowest BCUT2D eigenvalue weighted by molar-refractivity contribution is -0.290. The number of halogens is 12. The van der Waals surface area contributed by atoms with Crippen LogP contribution in [0.1, 0.15) is 22.3 Å². The molecule has 352 valence electrons. The highest BCUT2D eigenvalue weighted by Crippen LogP contribution is 2.59. The van der Waals surface area contributed by atoms with E-state index in [2.05, 4.69) is 0 Å². The van der Waals surface area contributed by atoms with E-state index in [-0.39, 0.29) is 70.1 Å². The fourth-order valence-electron chi connectivity index (χ4n) is 6.65. The van der Waals surface area contributed by atoms with Gasteiger partial charge in [-0.2, -0.15) is 52.7 Å². The lowest BCUT2D eigenvalue weighted by atomic mass is 9.72. The number of hydrogen-bond donors (Lipinski definition) is 10. The van der Waals surface area contributed by atoms with Crippen molar-refractivity contribution in [3.05, 3.63) is 131 Å². The van der Waals surface area contributed by atoms with Crippen molar-refractivity contribution >= 4 is 22.7 Å². The lowest BCUT2D eigenvalue weighted by Crippen LogP contribution is -2.54. The van der Waals surface area contributed by atoms with Crippen LogP contribution in [0.2, 0.25) is 0 Å². The van der Waals surface area contributed by atoms with Crippen molar-refractivity contribution in [2.24, 2.45) is 0 Å². The first-order valence-electron chi connectivity index (χ1n) is 18.0. The van der Waals surface area contributed by atoms with Crippen molar-refractivity contribution in [2.45, 2.75) is 35.5 Å². The maximum atomic E-state index is 14.4. The molecule has 6 aromatic rings. The molecule has 0 fully saturated rings. The van der Waals surface area contributed by atoms with E-state index in [9.17, 15) is 83.3 Å². The summed E-state index contributed by atoms with van der Waals surface area (Å²) in [7, 11) is 0. The van der Waals surface area contributed by atoms with E-state index in [1.807, 2.05) is 0 Å². The largest absolute Gasteiger partial charge is 0.506 e. The molecule has 0 radical (unpaired) electrons. The third-order valence-corrected chi connectivity index (χ3v) is 9.88. The van der Waals surface area contributed by atoms with Gasteiger partial charge in [-0.15, -0.1) is 0 Å². The van der Waals surface area contributed by atoms with Crippen LogP contribution in [-0.4, -0.2) is 55.3 Å². The SMILES string of the molecule is Nc1c(O)cc(C(c2cc(O)c(N)c(O)c2)(C(F)(F)F)C(F)(F)F)cc1O.Nc1cc(Oc2ccc(C(c3ccc(Oc4ccc(O)c(N)c4)cc3)(C(F)(F)F)C(F)(F)F)cc2)ccc1O. The van der Waals surface area contributed by atoms with Gasteiger partial charge in [-0.25, -0.2) is 0 Å². The average molecular weight is 949 g/mol. The molecule has 0 aromatic heterocycles. The monoisotopic (exact) mass is 948 g/mol. The van der Waals surface area contributed by atoms with E-state index in [4.69, 9.17) is 32.4 Å². The van der Waals surface area contributed by atoms with E-state index in [1.165, 1.54) is 36.4 Å². The summed E-state index contributed by atoms with van der Waals surface area (Å²) in [6.45, 7) is 0. The Bertz CT molecular complexity index is 2490. The molecule has 0 atom stereocenters. The summed E-state index contributed by atoms with van der Waals surface area (Å²) in [5.41, 5.74) is 5.08. The highest BCUT2D eigenvalue weighted by molar-refractivity contribution is 5.68. The molecule has 6 rings (SSSR count). The first-order valence-corrected chi connectivity index (χ1v) is 18.0. The van der Waals surface area contributed by atoms with Gasteiger partial charge in [0.1, 0.15) is 68.9 Å². The van der Waals surface area contributed by atoms with Crippen molar-refractivity contribution in [3.8, 4) is 57.5 Å². The number of anilines is 4. The molecule has 14 N–H and O–H groups in total. The van der Waals surface area contributed by atoms with Gasteiger partial charge in [0, 0.05) is 12.1 Å². The molecule has 0 bridgehead atoms. The quantitative estimate of drug-likeness (QED) is 0.0389. The van der Waals surface area contributed by atoms with E-state index in [1.54, 1.807) is 0 Å². The molecule has 0 unspecified atom stereocenters. The molecular formula is C42H32F12N4O8. The first kappa shape index (κ1) is 49.1. The van der Waals surface area contributed by atoms with Gasteiger partial charge < -0.3 is 63.0 Å². The highest BCUT2D eigenvalue weighted by Gasteiger charge is 2.74. The Balaban J connectivity index is 0.000000265. The molecule has 0 aliphatic rings. The molecule has 0 spiro atoms. The number of aromatic hydroxyl groups is 6. The number of benzene rings is 6. The van der Waals surface area contributed by atoms with Crippen LogP contribution in [0.5, 0.6) is 57.5 Å². The zero-order chi connectivity index (χ0) is 49.5. The topological polar surface area (TPSA) is 244 Å². The summed E-state index contributed by atoms with van der Waals surface area (Å²) in [6.07, 6.45) is -23.7. The third kappa shape index (κ3) is 8.92. The number of nitrogens with two attached hydrogens (primary N) is 4. The van der Waals surface area contributed by atoms with Crippen LogP contribution in [0.15, 0.2) is 109 Å². The summed E-state index contributed by atoms with van der Waals surface area (Å²) in [5.74, 6) is -5.25. The van der Waals surface area contributed by atoms with Gasteiger partial charge in [-0.05, 0) is 95.1 Å². The second kappa shape index (κ2) is 17.2. The molecule has 0 amide bonds. The van der Waals surface area contributed by atoms with Gasteiger partial charge in [0.15, 0.2) is 0 Å². The highest BCUT2D eigenvalue weighted by atomic mass is 19.4. The summed E-state index contributed by atoms with van der Waals surface area (Å²) in [5, 5.41) is 57.1. The van der Waals surface area contributed by atoms with Crippen LogP contribution in [-0.2, 0) is 10.8 Å². The number of phenols is 6. The van der Waals surface area contributed by atoms with Crippen molar-refractivity contribution in [1.82, 2.24) is 0 Å². The Labute approximate surface area is 362 Å². The zero-order valence-electron chi connectivity index (χ0n) is 32.7. The number of hydrogen-bond acceptors (Lipinski definition) is 12. The van der Waals surface area contributed by atoms with Crippen LogP contribution < -0.4 is 32.4 Å². The fraction of sp³-hybridized carbons (Fsp3) is 0.143. The minimum Gasteiger partial charge on any atom is -0.506 e. The van der Waals surface area contributed by atoms with Crippen molar-refractivity contribution in [1.29, 1.82) is 0 Å². The van der Waals surface area contributed by atoms with Crippen molar-refractivity contribution < 1.29 is 92.8 Å². The average Bonchev–Trinajstić information content (AvgIpc) is 3.18. The molecule has 12 nitrogen and oxygen atoms in total. The molecule has 6 aromatic carbocycles. The molecule has 66 heavy (non-hydrogen) atoms. The van der Waals surface area contributed by atoms with E-state index >= 15 is 0 Å². The van der Waals surface area contributed by atoms with Crippen molar-refractivity contribution in [3.63, 3.8) is 0 Å². The molecule has 0 saturated carbocycles. The van der Waals surface area contributed by atoms with Crippen LogP contribution in [0.25, 0.3) is 0 Å². The molecule has 0 heterocycles. The number of ether oxygens (including phenoxy) is 2. The predicted octanol–water partition coefficient (Wildman–Crippen LogP) is 10.3. The Morgan fingerprint density at radius 2 is 0.545 bits per heavy atom. The molecule has 0 aliphatic carbocycles. The molecule has 0 aliphatic heterocycles. The maximum absolute atomic E-state index is 14.4.